The molecule has 2 N–H and O–H groups in total. The van der Waals surface area contributed by atoms with Crippen molar-refractivity contribution in [3.63, 3.8) is 0 Å². The molecule has 156 valence electrons. The predicted octanol–water partition coefficient (Wildman–Crippen LogP) is 3.54. The van der Waals surface area contributed by atoms with E-state index in [2.05, 4.69) is 46.0 Å². The van der Waals surface area contributed by atoms with Crippen LogP contribution in [0.25, 0.3) is 16.7 Å². The summed E-state index contributed by atoms with van der Waals surface area (Å²) >= 11 is 1.70. The van der Waals surface area contributed by atoms with Gasteiger partial charge in [0.25, 0.3) is 0 Å². The quantitative estimate of drug-likeness (QED) is 0.660. The maximum atomic E-state index is 11.4. The van der Waals surface area contributed by atoms with Gasteiger partial charge < -0.3 is 14.9 Å². The number of carbonyl (C=O) groups is 2. The van der Waals surface area contributed by atoms with Crippen LogP contribution in [0.4, 0.5) is 0 Å². The van der Waals surface area contributed by atoms with Crippen LogP contribution in [0.2, 0.25) is 0 Å². The molecule has 2 aliphatic rings. The molecule has 0 spiro atoms. The molecule has 0 bridgehead atoms. The van der Waals surface area contributed by atoms with E-state index in [1.54, 1.807) is 11.3 Å². The third-order valence-corrected chi connectivity index (χ3v) is 6.31. The molecule has 0 amide bonds. The fourth-order valence-electron chi connectivity index (χ4n) is 4.17. The average molecular weight is 426 g/mol. The van der Waals surface area contributed by atoms with Crippen LogP contribution in [0.3, 0.4) is 0 Å². The van der Waals surface area contributed by atoms with E-state index in [1.807, 2.05) is 0 Å². The van der Waals surface area contributed by atoms with E-state index < -0.39 is 18.0 Å². The SMILES string of the molecule is O=C(O)C=C(C(=O)O)C1CN(CCC2=CCc3c2cccc3-c2ccsc2)CCO1. The molecule has 1 aromatic carbocycles. The van der Waals surface area contributed by atoms with Crippen LogP contribution in [0.5, 0.6) is 0 Å². The average Bonchev–Trinajstić information content (AvgIpc) is 3.40. The molecule has 4 rings (SSSR count). The van der Waals surface area contributed by atoms with Gasteiger partial charge in [0.1, 0.15) is 6.10 Å². The number of hydrogen-bond acceptors (Lipinski definition) is 5. The summed E-state index contributed by atoms with van der Waals surface area (Å²) in [6, 6.07) is 8.60. The fourth-order valence-corrected chi connectivity index (χ4v) is 4.82. The molecule has 1 atom stereocenters. The van der Waals surface area contributed by atoms with Crippen molar-refractivity contribution in [3.8, 4) is 11.1 Å². The zero-order chi connectivity index (χ0) is 21.1. The lowest BCUT2D eigenvalue weighted by atomic mass is 9.95. The normalized spacial score (nSPS) is 19.4. The standard InChI is InChI=1S/C23H23NO5S/c25-22(26)12-20(23(27)28)21-13-24(9-10-29-21)8-6-15-4-5-19-17(15)2-1-3-18(19)16-7-11-30-14-16/h1-4,7,11-12,14,21H,5-6,8-10,13H2,(H,25,26)(H,27,28). The fraction of sp³-hybridized carbons (Fsp3) is 0.304. The number of ether oxygens (including phenoxy) is 1. The molecule has 1 saturated heterocycles. The first-order chi connectivity index (χ1) is 14.5. The van der Waals surface area contributed by atoms with Gasteiger partial charge in [-0.1, -0.05) is 24.3 Å². The molecule has 7 heteroatoms. The Kier molecular flexibility index (Phi) is 6.13. The second kappa shape index (κ2) is 8.95. The molecule has 1 fully saturated rings. The number of thiophene rings is 1. The van der Waals surface area contributed by atoms with E-state index in [-0.39, 0.29) is 5.57 Å². The summed E-state index contributed by atoms with van der Waals surface area (Å²) in [5, 5.41) is 22.5. The van der Waals surface area contributed by atoms with Gasteiger partial charge >= 0.3 is 11.9 Å². The number of carboxylic acid groups (broad SMARTS) is 2. The number of carboxylic acids is 2. The summed E-state index contributed by atoms with van der Waals surface area (Å²) in [5.74, 6) is -2.53. The number of morpholine rings is 1. The first-order valence-electron chi connectivity index (χ1n) is 9.88. The predicted molar refractivity (Wildman–Crippen MR) is 116 cm³/mol. The largest absolute Gasteiger partial charge is 0.478 e. The van der Waals surface area contributed by atoms with Gasteiger partial charge in [-0.15, -0.1) is 0 Å². The summed E-state index contributed by atoms with van der Waals surface area (Å²) in [6.07, 6.45) is 4.07. The number of fused-ring (bicyclic) bond motifs is 1. The van der Waals surface area contributed by atoms with Crippen molar-refractivity contribution in [3.05, 3.63) is 63.9 Å². The van der Waals surface area contributed by atoms with E-state index in [0.717, 1.165) is 25.5 Å². The lowest BCUT2D eigenvalue weighted by molar-refractivity contribution is -0.137. The number of rotatable bonds is 7. The molecule has 0 radical (unpaired) electrons. The smallest absolute Gasteiger partial charge is 0.334 e. The van der Waals surface area contributed by atoms with Crippen molar-refractivity contribution in [2.24, 2.45) is 0 Å². The van der Waals surface area contributed by atoms with Crippen LogP contribution in [0.1, 0.15) is 17.5 Å². The molecule has 1 aliphatic carbocycles. The van der Waals surface area contributed by atoms with Crippen LogP contribution in [-0.4, -0.2) is 59.4 Å². The molecular weight excluding hydrogens is 402 g/mol. The Hall–Kier alpha value is -2.74. The Labute approximate surface area is 178 Å². The highest BCUT2D eigenvalue weighted by Gasteiger charge is 2.28. The number of nitrogens with zero attached hydrogens (tertiary/aromatic N) is 1. The highest BCUT2D eigenvalue weighted by Crippen LogP contribution is 2.37. The van der Waals surface area contributed by atoms with E-state index >= 15 is 0 Å². The second-order valence-corrected chi connectivity index (χ2v) is 8.21. The third kappa shape index (κ3) is 4.38. The van der Waals surface area contributed by atoms with E-state index in [9.17, 15) is 14.7 Å². The van der Waals surface area contributed by atoms with Gasteiger partial charge in [-0.3, -0.25) is 4.90 Å². The Morgan fingerprint density at radius 3 is 2.80 bits per heavy atom. The van der Waals surface area contributed by atoms with Gasteiger partial charge in [-0.25, -0.2) is 9.59 Å². The van der Waals surface area contributed by atoms with E-state index in [1.165, 1.54) is 27.8 Å². The first-order valence-corrected chi connectivity index (χ1v) is 10.8. The zero-order valence-corrected chi connectivity index (χ0v) is 17.2. The molecule has 1 aromatic heterocycles. The van der Waals surface area contributed by atoms with Crippen LogP contribution in [-0.2, 0) is 20.7 Å². The Balaban J connectivity index is 1.42. The maximum absolute atomic E-state index is 11.4. The minimum absolute atomic E-state index is 0.210. The first kappa shape index (κ1) is 20.5. The second-order valence-electron chi connectivity index (χ2n) is 7.43. The summed E-state index contributed by atoms with van der Waals surface area (Å²) in [4.78, 5) is 24.5. The molecule has 0 saturated carbocycles. The molecular formula is C23H23NO5S. The molecule has 6 nitrogen and oxygen atoms in total. The summed E-state index contributed by atoms with van der Waals surface area (Å²) < 4.78 is 5.55. The van der Waals surface area contributed by atoms with Crippen molar-refractivity contribution >= 4 is 28.8 Å². The van der Waals surface area contributed by atoms with Crippen molar-refractivity contribution in [2.45, 2.75) is 18.9 Å². The van der Waals surface area contributed by atoms with Gasteiger partial charge in [0.15, 0.2) is 0 Å². The highest BCUT2D eigenvalue weighted by molar-refractivity contribution is 7.08. The van der Waals surface area contributed by atoms with Crippen LogP contribution < -0.4 is 0 Å². The van der Waals surface area contributed by atoms with Crippen LogP contribution in [0.15, 0.2) is 52.8 Å². The lowest BCUT2D eigenvalue weighted by Gasteiger charge is -2.33. The molecule has 1 aliphatic heterocycles. The highest BCUT2D eigenvalue weighted by atomic mass is 32.1. The summed E-state index contributed by atoms with van der Waals surface area (Å²) in [5.41, 5.74) is 6.30. The van der Waals surface area contributed by atoms with E-state index in [4.69, 9.17) is 9.84 Å². The van der Waals surface area contributed by atoms with Gasteiger partial charge in [0.2, 0.25) is 0 Å². The molecule has 2 heterocycles. The zero-order valence-electron chi connectivity index (χ0n) is 16.4. The lowest BCUT2D eigenvalue weighted by Crippen LogP contribution is -2.44. The Morgan fingerprint density at radius 2 is 2.07 bits per heavy atom. The Morgan fingerprint density at radius 1 is 1.23 bits per heavy atom. The monoisotopic (exact) mass is 425 g/mol. The minimum atomic E-state index is -1.28. The van der Waals surface area contributed by atoms with Gasteiger partial charge in [0, 0.05) is 25.7 Å². The summed E-state index contributed by atoms with van der Waals surface area (Å²) in [6.45, 7) is 2.23. The molecule has 2 aromatic rings. The van der Waals surface area contributed by atoms with Crippen molar-refractivity contribution in [1.82, 2.24) is 4.90 Å². The molecule has 30 heavy (non-hydrogen) atoms. The van der Waals surface area contributed by atoms with Crippen molar-refractivity contribution in [2.75, 3.05) is 26.2 Å². The van der Waals surface area contributed by atoms with Crippen LogP contribution >= 0.6 is 11.3 Å². The number of aliphatic carboxylic acids is 2. The minimum Gasteiger partial charge on any atom is -0.478 e. The number of allylic oxidation sites excluding steroid dienone is 1. The molecule has 1 unspecified atom stereocenters. The Bertz CT molecular complexity index is 1010. The van der Waals surface area contributed by atoms with Crippen molar-refractivity contribution in [1.29, 1.82) is 0 Å². The van der Waals surface area contributed by atoms with Gasteiger partial charge in [-0.2, -0.15) is 11.3 Å². The van der Waals surface area contributed by atoms with Gasteiger partial charge in [-0.05, 0) is 57.5 Å². The number of hydrogen-bond donors (Lipinski definition) is 2. The summed E-state index contributed by atoms with van der Waals surface area (Å²) in [7, 11) is 0. The maximum Gasteiger partial charge on any atom is 0.334 e. The van der Waals surface area contributed by atoms with E-state index in [0.29, 0.717) is 19.7 Å². The third-order valence-electron chi connectivity index (χ3n) is 5.63. The van der Waals surface area contributed by atoms with Crippen molar-refractivity contribution < 1.29 is 24.5 Å². The number of benzene rings is 1. The van der Waals surface area contributed by atoms with Crippen LogP contribution in [0, 0.1) is 0 Å². The topological polar surface area (TPSA) is 87.1 Å². The van der Waals surface area contributed by atoms with Gasteiger partial charge in [0.05, 0.1) is 12.2 Å².